The molecule has 2 heterocycles. The van der Waals surface area contributed by atoms with Crippen molar-refractivity contribution in [1.82, 2.24) is 18.5 Å². The van der Waals surface area contributed by atoms with Crippen LogP contribution in [0.15, 0.2) is 102 Å². The summed E-state index contributed by atoms with van der Waals surface area (Å²) < 4.78 is 30.5. The zero-order chi connectivity index (χ0) is 28.2. The molecule has 204 valence electrons. The predicted molar refractivity (Wildman–Crippen MR) is 160 cm³/mol. The molecule has 6 rings (SSSR count). The molecule has 0 saturated carbocycles. The van der Waals surface area contributed by atoms with Gasteiger partial charge in [-0.05, 0) is 55.2 Å². The molecular weight excluding hydrogens is 535 g/mol. The molecule has 0 aliphatic rings. The van der Waals surface area contributed by atoms with E-state index in [0.717, 1.165) is 50.6 Å². The van der Waals surface area contributed by atoms with Gasteiger partial charge in [0, 0.05) is 22.3 Å². The molecule has 0 aliphatic carbocycles. The van der Waals surface area contributed by atoms with Gasteiger partial charge in [-0.25, -0.2) is 9.07 Å². The maximum Gasteiger partial charge on any atom is 0.270 e. The van der Waals surface area contributed by atoms with Crippen LogP contribution in [-0.2, 0) is 26.0 Å². The normalized spacial score (nSPS) is 11.2. The van der Waals surface area contributed by atoms with E-state index in [0.29, 0.717) is 36.5 Å². The van der Waals surface area contributed by atoms with Crippen molar-refractivity contribution in [2.45, 2.75) is 32.9 Å². The number of aryl methyl sites for hydroxylation is 2. The molecule has 0 N–H and O–H groups in total. The molecule has 6 aromatic rings. The molecule has 0 radical (unpaired) electrons. The zero-order valence-corrected chi connectivity index (χ0v) is 23.3. The number of fused-ring (bicyclic) bond motifs is 1. The smallest absolute Gasteiger partial charge is 0.270 e. The van der Waals surface area contributed by atoms with Crippen LogP contribution in [0.25, 0.3) is 22.2 Å². The molecule has 0 saturated heterocycles. The molecule has 6 nitrogen and oxygen atoms in total. The van der Waals surface area contributed by atoms with Crippen molar-refractivity contribution < 1.29 is 9.13 Å². The molecule has 41 heavy (non-hydrogen) atoms. The van der Waals surface area contributed by atoms with E-state index in [4.69, 9.17) is 9.84 Å². The summed E-state index contributed by atoms with van der Waals surface area (Å²) in [6, 6.07) is 29.9. The van der Waals surface area contributed by atoms with Crippen LogP contribution < -0.4 is 10.3 Å². The third-order valence-electron chi connectivity index (χ3n) is 7.06. The molecule has 8 heteroatoms. The second-order valence-corrected chi connectivity index (χ2v) is 10.4. The standard InChI is InChI=1S/C33H27FN4O2S/c1-22-31(27-14-5-6-16-30(27)40-21-24-9-3-2-4-10-24)28(18-17-23-11-7-13-26(34)19-23)33(39)38(35-22)20-25-12-8-15-29-32(25)37-41-36-29/h2-16,19H,17-18,20-21H2,1H3. The van der Waals surface area contributed by atoms with E-state index in [1.54, 1.807) is 6.07 Å². The van der Waals surface area contributed by atoms with Gasteiger partial charge in [0.15, 0.2) is 0 Å². The minimum Gasteiger partial charge on any atom is -0.488 e. The summed E-state index contributed by atoms with van der Waals surface area (Å²) >= 11 is 1.15. The summed E-state index contributed by atoms with van der Waals surface area (Å²) in [7, 11) is 0. The summed E-state index contributed by atoms with van der Waals surface area (Å²) in [6.45, 7) is 2.57. The first kappa shape index (κ1) is 26.5. The van der Waals surface area contributed by atoms with Crippen LogP contribution in [-0.4, -0.2) is 18.5 Å². The Balaban J connectivity index is 1.43. The highest BCUT2D eigenvalue weighted by Gasteiger charge is 2.21. The Morgan fingerprint density at radius 2 is 1.63 bits per heavy atom. The first-order valence-corrected chi connectivity index (χ1v) is 14.1. The highest BCUT2D eigenvalue weighted by molar-refractivity contribution is 7.00. The molecule has 0 spiro atoms. The molecular formula is C33H27FN4O2S. The molecule has 4 aromatic carbocycles. The van der Waals surface area contributed by atoms with Crippen molar-refractivity contribution in [2.75, 3.05) is 0 Å². The Bertz CT molecular complexity index is 1880. The van der Waals surface area contributed by atoms with Crippen molar-refractivity contribution in [2.24, 2.45) is 0 Å². The first-order valence-electron chi connectivity index (χ1n) is 13.4. The summed E-state index contributed by atoms with van der Waals surface area (Å²) in [5, 5.41) is 4.77. The van der Waals surface area contributed by atoms with E-state index in [9.17, 15) is 9.18 Å². The molecule has 0 amide bonds. The van der Waals surface area contributed by atoms with Crippen LogP contribution in [0.2, 0.25) is 0 Å². The van der Waals surface area contributed by atoms with E-state index in [-0.39, 0.29) is 17.9 Å². The Morgan fingerprint density at radius 1 is 0.854 bits per heavy atom. The van der Waals surface area contributed by atoms with Gasteiger partial charge in [0.2, 0.25) is 0 Å². The number of ether oxygens (including phenoxy) is 1. The summed E-state index contributed by atoms with van der Waals surface area (Å²) in [5.74, 6) is 0.374. The lowest BCUT2D eigenvalue weighted by atomic mass is 9.94. The lowest BCUT2D eigenvalue weighted by Gasteiger charge is -2.18. The zero-order valence-electron chi connectivity index (χ0n) is 22.5. The van der Waals surface area contributed by atoms with E-state index >= 15 is 0 Å². The van der Waals surface area contributed by atoms with Crippen molar-refractivity contribution in [3.63, 3.8) is 0 Å². The van der Waals surface area contributed by atoms with E-state index in [1.165, 1.54) is 16.8 Å². The number of para-hydroxylation sites is 1. The summed E-state index contributed by atoms with van der Waals surface area (Å²) in [6.07, 6.45) is 0.915. The van der Waals surface area contributed by atoms with Gasteiger partial charge >= 0.3 is 0 Å². The van der Waals surface area contributed by atoms with Crippen LogP contribution in [0, 0.1) is 12.7 Å². The highest BCUT2D eigenvalue weighted by Crippen LogP contribution is 2.34. The van der Waals surface area contributed by atoms with Gasteiger partial charge in [0.05, 0.1) is 24.0 Å². The third-order valence-corrected chi connectivity index (χ3v) is 7.61. The molecule has 0 fully saturated rings. The average molecular weight is 563 g/mol. The maximum absolute atomic E-state index is 14.1. The van der Waals surface area contributed by atoms with Gasteiger partial charge in [-0.15, -0.1) is 0 Å². The van der Waals surface area contributed by atoms with Crippen LogP contribution in [0.3, 0.4) is 0 Å². The van der Waals surface area contributed by atoms with Crippen LogP contribution in [0.4, 0.5) is 4.39 Å². The second-order valence-electron chi connectivity index (χ2n) is 9.85. The van der Waals surface area contributed by atoms with Crippen molar-refractivity contribution in [1.29, 1.82) is 0 Å². The lowest BCUT2D eigenvalue weighted by molar-refractivity contribution is 0.307. The van der Waals surface area contributed by atoms with E-state index in [2.05, 4.69) is 8.75 Å². The van der Waals surface area contributed by atoms with Crippen molar-refractivity contribution in [3.8, 4) is 16.9 Å². The van der Waals surface area contributed by atoms with Crippen molar-refractivity contribution in [3.05, 3.63) is 141 Å². The monoisotopic (exact) mass is 562 g/mol. The minimum absolute atomic E-state index is 0.194. The van der Waals surface area contributed by atoms with Crippen LogP contribution >= 0.6 is 11.7 Å². The highest BCUT2D eigenvalue weighted by atomic mass is 32.1. The second kappa shape index (κ2) is 11.8. The fourth-order valence-corrected chi connectivity index (χ4v) is 5.67. The van der Waals surface area contributed by atoms with Gasteiger partial charge in [0.1, 0.15) is 29.2 Å². The van der Waals surface area contributed by atoms with Gasteiger partial charge in [0.25, 0.3) is 5.56 Å². The molecule has 0 aliphatic heterocycles. The predicted octanol–water partition coefficient (Wildman–Crippen LogP) is 6.78. The van der Waals surface area contributed by atoms with Gasteiger partial charge in [-0.3, -0.25) is 4.79 Å². The number of nitrogens with zero attached hydrogens (tertiary/aromatic N) is 4. The Labute approximate surface area is 241 Å². The Kier molecular flexibility index (Phi) is 7.65. The van der Waals surface area contributed by atoms with Crippen molar-refractivity contribution >= 4 is 22.8 Å². The summed E-state index contributed by atoms with van der Waals surface area (Å²) in [4.78, 5) is 14.1. The number of rotatable bonds is 9. The molecule has 0 unspecified atom stereocenters. The third kappa shape index (κ3) is 5.78. The molecule has 0 atom stereocenters. The molecule has 0 bridgehead atoms. The maximum atomic E-state index is 14.1. The van der Waals surface area contributed by atoms with Crippen LogP contribution in [0.5, 0.6) is 5.75 Å². The van der Waals surface area contributed by atoms with E-state index in [1.807, 2.05) is 85.8 Å². The Hall–Kier alpha value is -4.69. The lowest BCUT2D eigenvalue weighted by Crippen LogP contribution is -2.29. The number of aromatic nitrogens is 4. The number of hydrogen-bond donors (Lipinski definition) is 0. The first-order chi connectivity index (χ1) is 20.1. The fourth-order valence-electron chi connectivity index (χ4n) is 5.10. The number of benzene rings is 4. The quantitative estimate of drug-likeness (QED) is 0.194. The SMILES string of the molecule is Cc1nn(Cc2cccc3nsnc23)c(=O)c(CCc2cccc(F)c2)c1-c1ccccc1OCc1ccccc1. The number of hydrogen-bond acceptors (Lipinski definition) is 6. The van der Waals surface area contributed by atoms with E-state index < -0.39 is 0 Å². The minimum atomic E-state index is -0.296. The summed E-state index contributed by atoms with van der Waals surface area (Å²) in [5.41, 5.74) is 6.99. The van der Waals surface area contributed by atoms with Gasteiger partial charge in [-0.2, -0.15) is 13.8 Å². The van der Waals surface area contributed by atoms with Crippen LogP contribution in [0.1, 0.15) is 27.9 Å². The molecule has 2 aromatic heterocycles. The van der Waals surface area contributed by atoms with Gasteiger partial charge in [-0.1, -0.05) is 72.8 Å². The Morgan fingerprint density at radius 3 is 2.49 bits per heavy atom. The largest absolute Gasteiger partial charge is 0.488 e. The van der Waals surface area contributed by atoms with Gasteiger partial charge < -0.3 is 4.74 Å². The number of halogens is 1. The topological polar surface area (TPSA) is 69.9 Å². The average Bonchev–Trinajstić information content (AvgIpc) is 3.48. The fraction of sp³-hybridized carbons (Fsp3) is 0.152.